The third-order valence-corrected chi connectivity index (χ3v) is 3.67. The SMILES string of the molecule is COC(=O)[C@]1(C(=O)O)Cc2cc([N+](=O)[O-])ccc2N(C)C1. The maximum absolute atomic E-state index is 11.9. The van der Waals surface area contributed by atoms with E-state index in [-0.39, 0.29) is 18.7 Å². The number of nitro benzene ring substituents is 1. The number of hydrogen-bond donors (Lipinski definition) is 1. The molecule has 2 rings (SSSR count). The van der Waals surface area contributed by atoms with Gasteiger partial charge in [0, 0.05) is 37.8 Å². The van der Waals surface area contributed by atoms with Crippen LogP contribution in [-0.2, 0) is 20.7 Å². The molecule has 0 bridgehead atoms. The molecule has 8 nitrogen and oxygen atoms in total. The van der Waals surface area contributed by atoms with Gasteiger partial charge in [-0.25, -0.2) is 0 Å². The Kier molecular flexibility index (Phi) is 3.54. The Morgan fingerprint density at radius 2 is 2.14 bits per heavy atom. The van der Waals surface area contributed by atoms with Gasteiger partial charge in [0.15, 0.2) is 5.41 Å². The molecule has 1 N–H and O–H groups in total. The maximum atomic E-state index is 11.9. The zero-order valence-corrected chi connectivity index (χ0v) is 11.5. The topological polar surface area (TPSA) is 110 Å². The number of aliphatic carboxylic acids is 1. The van der Waals surface area contributed by atoms with Crippen LogP contribution in [0.25, 0.3) is 0 Å². The zero-order chi connectivity index (χ0) is 15.8. The van der Waals surface area contributed by atoms with Crippen LogP contribution >= 0.6 is 0 Å². The molecule has 8 heteroatoms. The third-order valence-electron chi connectivity index (χ3n) is 3.67. The van der Waals surface area contributed by atoms with Crippen LogP contribution in [0, 0.1) is 15.5 Å². The molecule has 112 valence electrons. The Balaban J connectivity index is 2.55. The standard InChI is InChI=1S/C13H14N2O6/c1-14-7-13(11(16)17,12(18)21-2)6-8-5-9(15(19)20)3-4-10(8)14/h3-5H,6-7H2,1-2H3,(H,16,17)/t13-/m1/s1. The zero-order valence-electron chi connectivity index (χ0n) is 11.5. The minimum atomic E-state index is -1.76. The van der Waals surface area contributed by atoms with E-state index in [1.165, 1.54) is 12.1 Å². The number of esters is 1. The highest BCUT2D eigenvalue weighted by Gasteiger charge is 2.51. The average Bonchev–Trinajstić information content (AvgIpc) is 2.45. The van der Waals surface area contributed by atoms with Crippen molar-refractivity contribution in [3.05, 3.63) is 33.9 Å². The molecule has 0 unspecified atom stereocenters. The van der Waals surface area contributed by atoms with Crippen molar-refractivity contribution in [2.24, 2.45) is 5.41 Å². The van der Waals surface area contributed by atoms with E-state index in [0.717, 1.165) is 7.11 Å². The van der Waals surface area contributed by atoms with Gasteiger partial charge in [0.1, 0.15) is 0 Å². The van der Waals surface area contributed by atoms with Crippen LogP contribution in [0.1, 0.15) is 5.56 Å². The highest BCUT2D eigenvalue weighted by molar-refractivity contribution is 6.01. The van der Waals surface area contributed by atoms with Crippen LogP contribution in [0.3, 0.4) is 0 Å². The Labute approximate surface area is 120 Å². The molecule has 1 aliphatic heterocycles. The molecule has 0 radical (unpaired) electrons. The molecule has 1 heterocycles. The monoisotopic (exact) mass is 294 g/mol. The molecule has 1 aliphatic rings. The average molecular weight is 294 g/mol. The van der Waals surface area contributed by atoms with Gasteiger partial charge in [-0.2, -0.15) is 0 Å². The lowest BCUT2D eigenvalue weighted by Crippen LogP contribution is -2.52. The number of rotatable bonds is 3. The largest absolute Gasteiger partial charge is 0.480 e. The van der Waals surface area contributed by atoms with E-state index in [1.807, 2.05) is 0 Å². The number of anilines is 1. The number of non-ortho nitro benzene ring substituents is 1. The van der Waals surface area contributed by atoms with Gasteiger partial charge in [-0.1, -0.05) is 0 Å². The summed E-state index contributed by atoms with van der Waals surface area (Å²) in [7, 11) is 2.75. The van der Waals surface area contributed by atoms with E-state index in [0.29, 0.717) is 11.3 Å². The smallest absolute Gasteiger partial charge is 0.325 e. The van der Waals surface area contributed by atoms with Crippen molar-refractivity contribution in [2.45, 2.75) is 6.42 Å². The number of carbonyl (C=O) groups excluding carboxylic acids is 1. The van der Waals surface area contributed by atoms with Gasteiger partial charge in [0.25, 0.3) is 5.69 Å². The lowest BCUT2D eigenvalue weighted by molar-refractivity contribution is -0.384. The van der Waals surface area contributed by atoms with Gasteiger partial charge < -0.3 is 14.7 Å². The molecule has 0 saturated carbocycles. The molecule has 21 heavy (non-hydrogen) atoms. The molecule has 1 aromatic rings. The van der Waals surface area contributed by atoms with E-state index in [4.69, 9.17) is 0 Å². The van der Waals surface area contributed by atoms with Crippen molar-refractivity contribution in [2.75, 3.05) is 25.6 Å². The van der Waals surface area contributed by atoms with Crippen LogP contribution in [-0.4, -0.2) is 42.7 Å². The molecular formula is C13H14N2O6. The Morgan fingerprint density at radius 3 is 2.67 bits per heavy atom. The summed E-state index contributed by atoms with van der Waals surface area (Å²) in [6.45, 7) is -0.0557. The quantitative estimate of drug-likeness (QED) is 0.380. The molecule has 0 fully saturated rings. The first kappa shape index (κ1) is 14.8. The second kappa shape index (κ2) is 5.04. The number of nitrogens with zero attached hydrogens (tertiary/aromatic N) is 2. The lowest BCUT2D eigenvalue weighted by Gasteiger charge is -2.38. The van der Waals surface area contributed by atoms with E-state index < -0.39 is 22.3 Å². The number of fused-ring (bicyclic) bond motifs is 1. The summed E-state index contributed by atoms with van der Waals surface area (Å²) in [5.41, 5.74) is -0.800. The molecule has 0 spiro atoms. The van der Waals surface area contributed by atoms with Crippen LogP contribution in [0.5, 0.6) is 0 Å². The summed E-state index contributed by atoms with van der Waals surface area (Å²) in [4.78, 5) is 35.4. The third kappa shape index (κ3) is 2.28. The summed E-state index contributed by atoms with van der Waals surface area (Å²) < 4.78 is 4.62. The van der Waals surface area contributed by atoms with Gasteiger partial charge in [0.2, 0.25) is 0 Å². The number of carbonyl (C=O) groups is 2. The van der Waals surface area contributed by atoms with Crippen molar-refractivity contribution < 1.29 is 24.4 Å². The Bertz CT molecular complexity index is 629. The minimum Gasteiger partial charge on any atom is -0.480 e. The number of methoxy groups -OCH3 is 1. The Morgan fingerprint density at radius 1 is 1.48 bits per heavy atom. The highest BCUT2D eigenvalue weighted by atomic mass is 16.6. The number of carboxylic acid groups (broad SMARTS) is 1. The fourth-order valence-corrected chi connectivity index (χ4v) is 2.63. The number of ether oxygens (including phenoxy) is 1. The number of hydrogen-bond acceptors (Lipinski definition) is 6. The molecular weight excluding hydrogens is 280 g/mol. The van der Waals surface area contributed by atoms with E-state index in [2.05, 4.69) is 4.74 Å². The van der Waals surface area contributed by atoms with Crippen LogP contribution in [0.15, 0.2) is 18.2 Å². The normalized spacial score (nSPS) is 20.6. The molecule has 0 aromatic heterocycles. The van der Waals surface area contributed by atoms with E-state index >= 15 is 0 Å². The van der Waals surface area contributed by atoms with Crippen molar-refractivity contribution in [3.8, 4) is 0 Å². The van der Waals surface area contributed by atoms with Gasteiger partial charge in [0.05, 0.1) is 12.0 Å². The molecule has 0 saturated heterocycles. The molecule has 0 amide bonds. The van der Waals surface area contributed by atoms with Crippen LogP contribution in [0.4, 0.5) is 11.4 Å². The summed E-state index contributed by atoms with van der Waals surface area (Å²) in [5.74, 6) is -2.17. The first-order chi connectivity index (χ1) is 9.81. The van der Waals surface area contributed by atoms with E-state index in [9.17, 15) is 24.8 Å². The summed E-state index contributed by atoms with van der Waals surface area (Å²) >= 11 is 0. The van der Waals surface area contributed by atoms with Crippen molar-refractivity contribution >= 4 is 23.3 Å². The lowest BCUT2D eigenvalue weighted by atomic mass is 9.77. The molecule has 1 atom stereocenters. The van der Waals surface area contributed by atoms with E-state index in [1.54, 1.807) is 18.0 Å². The summed E-state index contributed by atoms with van der Waals surface area (Å²) in [6, 6.07) is 4.20. The summed E-state index contributed by atoms with van der Waals surface area (Å²) in [6.07, 6.45) is -0.143. The van der Waals surface area contributed by atoms with Crippen molar-refractivity contribution in [1.82, 2.24) is 0 Å². The first-order valence-corrected chi connectivity index (χ1v) is 6.12. The van der Waals surface area contributed by atoms with Gasteiger partial charge in [-0.3, -0.25) is 19.7 Å². The fourth-order valence-electron chi connectivity index (χ4n) is 2.63. The minimum absolute atomic E-state index is 0.0557. The maximum Gasteiger partial charge on any atom is 0.325 e. The number of carboxylic acids is 1. The predicted molar refractivity (Wildman–Crippen MR) is 72.2 cm³/mol. The Hall–Kier alpha value is -2.64. The molecule has 0 aliphatic carbocycles. The number of nitro groups is 1. The van der Waals surface area contributed by atoms with Crippen LogP contribution in [0.2, 0.25) is 0 Å². The first-order valence-electron chi connectivity index (χ1n) is 6.12. The van der Waals surface area contributed by atoms with Crippen molar-refractivity contribution in [1.29, 1.82) is 0 Å². The van der Waals surface area contributed by atoms with Gasteiger partial charge >= 0.3 is 11.9 Å². The molecule has 1 aromatic carbocycles. The highest BCUT2D eigenvalue weighted by Crippen LogP contribution is 2.38. The fraction of sp³-hybridized carbons (Fsp3) is 0.385. The van der Waals surface area contributed by atoms with Crippen LogP contribution < -0.4 is 4.90 Å². The van der Waals surface area contributed by atoms with Gasteiger partial charge in [-0.05, 0) is 11.6 Å². The summed E-state index contributed by atoms with van der Waals surface area (Å²) in [5, 5.41) is 20.3. The van der Waals surface area contributed by atoms with Gasteiger partial charge in [-0.15, -0.1) is 0 Å². The van der Waals surface area contributed by atoms with Crippen molar-refractivity contribution in [3.63, 3.8) is 0 Å². The number of benzene rings is 1. The second-order valence-electron chi connectivity index (χ2n) is 4.98. The predicted octanol–water partition coefficient (Wildman–Crippen LogP) is 0.831. The second-order valence-corrected chi connectivity index (χ2v) is 4.98.